The lowest BCUT2D eigenvalue weighted by Gasteiger charge is -2.07. The highest BCUT2D eigenvalue weighted by Crippen LogP contribution is 2.32. The first-order chi connectivity index (χ1) is 6.60. The van der Waals surface area contributed by atoms with Crippen molar-refractivity contribution in [2.75, 3.05) is 12.4 Å². The third kappa shape index (κ3) is 2.27. The van der Waals surface area contributed by atoms with Crippen molar-refractivity contribution < 1.29 is 14.6 Å². The number of hydrogen-bond donors (Lipinski definition) is 1. The lowest BCUT2D eigenvalue weighted by molar-refractivity contribution is 0.102. The van der Waals surface area contributed by atoms with E-state index in [1.807, 2.05) is 0 Å². The molecule has 1 aromatic rings. The van der Waals surface area contributed by atoms with Gasteiger partial charge in [0.25, 0.3) is 0 Å². The van der Waals surface area contributed by atoms with Crippen molar-refractivity contribution in [3.8, 4) is 11.5 Å². The van der Waals surface area contributed by atoms with E-state index in [0.29, 0.717) is 10.2 Å². The van der Waals surface area contributed by atoms with Gasteiger partial charge >= 0.3 is 0 Å². The quantitative estimate of drug-likeness (QED) is 0.687. The van der Waals surface area contributed by atoms with Gasteiger partial charge in [0, 0.05) is 0 Å². The predicted octanol–water partition coefficient (Wildman–Crippen LogP) is 2.74. The standard InChI is InChI=1S/C9H8Br2O3/c1-14-5-2-6(8(12)4-10)9(13)7(11)3-5/h2-3,13H,4H2,1H3. The predicted molar refractivity (Wildman–Crippen MR) is 60.5 cm³/mol. The van der Waals surface area contributed by atoms with E-state index in [1.165, 1.54) is 13.2 Å². The van der Waals surface area contributed by atoms with Gasteiger partial charge in [0.2, 0.25) is 0 Å². The van der Waals surface area contributed by atoms with Crippen LogP contribution in [0.15, 0.2) is 16.6 Å². The summed E-state index contributed by atoms with van der Waals surface area (Å²) >= 11 is 6.18. The van der Waals surface area contributed by atoms with E-state index in [9.17, 15) is 9.90 Å². The molecule has 14 heavy (non-hydrogen) atoms. The van der Waals surface area contributed by atoms with Crippen molar-refractivity contribution >= 4 is 37.6 Å². The fraction of sp³-hybridized carbons (Fsp3) is 0.222. The largest absolute Gasteiger partial charge is 0.506 e. The highest BCUT2D eigenvalue weighted by Gasteiger charge is 2.14. The molecule has 0 fully saturated rings. The van der Waals surface area contributed by atoms with Crippen LogP contribution in [0, 0.1) is 0 Å². The molecule has 76 valence electrons. The number of rotatable bonds is 3. The van der Waals surface area contributed by atoms with Gasteiger partial charge in [0.1, 0.15) is 11.5 Å². The molecule has 0 radical (unpaired) electrons. The molecule has 0 amide bonds. The van der Waals surface area contributed by atoms with E-state index in [0.717, 1.165) is 0 Å². The van der Waals surface area contributed by atoms with Crippen LogP contribution in [-0.2, 0) is 0 Å². The van der Waals surface area contributed by atoms with Crippen LogP contribution < -0.4 is 4.74 Å². The van der Waals surface area contributed by atoms with E-state index in [1.54, 1.807) is 6.07 Å². The Morgan fingerprint density at radius 1 is 1.57 bits per heavy atom. The SMILES string of the molecule is COc1cc(Br)c(O)c(C(=O)CBr)c1. The number of hydrogen-bond acceptors (Lipinski definition) is 3. The van der Waals surface area contributed by atoms with Gasteiger partial charge in [-0.05, 0) is 28.1 Å². The van der Waals surface area contributed by atoms with Crippen LogP contribution in [0.25, 0.3) is 0 Å². The highest BCUT2D eigenvalue weighted by atomic mass is 79.9. The Morgan fingerprint density at radius 2 is 2.21 bits per heavy atom. The van der Waals surface area contributed by atoms with E-state index in [2.05, 4.69) is 31.9 Å². The number of carbonyl (C=O) groups excluding carboxylic acids is 1. The Bertz CT molecular complexity index is 363. The van der Waals surface area contributed by atoms with Gasteiger partial charge in [-0.2, -0.15) is 0 Å². The molecular formula is C9H8Br2O3. The molecule has 0 aliphatic rings. The van der Waals surface area contributed by atoms with Gasteiger partial charge < -0.3 is 9.84 Å². The first-order valence-corrected chi connectivity index (χ1v) is 5.67. The first-order valence-electron chi connectivity index (χ1n) is 3.75. The summed E-state index contributed by atoms with van der Waals surface area (Å²) in [6, 6.07) is 3.10. The number of methoxy groups -OCH3 is 1. The van der Waals surface area contributed by atoms with Crippen LogP contribution >= 0.6 is 31.9 Å². The average Bonchev–Trinajstić information content (AvgIpc) is 2.20. The lowest BCUT2D eigenvalue weighted by Crippen LogP contribution is -2.01. The maximum Gasteiger partial charge on any atom is 0.177 e. The number of benzene rings is 1. The van der Waals surface area contributed by atoms with Gasteiger partial charge in [-0.3, -0.25) is 4.79 Å². The second kappa shape index (κ2) is 4.79. The molecule has 1 N–H and O–H groups in total. The van der Waals surface area contributed by atoms with Crippen molar-refractivity contribution in [3.05, 3.63) is 22.2 Å². The lowest BCUT2D eigenvalue weighted by atomic mass is 10.1. The Labute approximate surface area is 98.3 Å². The van der Waals surface area contributed by atoms with E-state index >= 15 is 0 Å². The van der Waals surface area contributed by atoms with Gasteiger partial charge in [-0.15, -0.1) is 0 Å². The van der Waals surface area contributed by atoms with Crippen molar-refractivity contribution in [1.29, 1.82) is 0 Å². The number of ketones is 1. The van der Waals surface area contributed by atoms with Gasteiger partial charge in [0.15, 0.2) is 5.78 Å². The monoisotopic (exact) mass is 322 g/mol. The number of phenolic OH excluding ortho intramolecular Hbond substituents is 1. The zero-order valence-corrected chi connectivity index (χ0v) is 10.6. The Kier molecular flexibility index (Phi) is 3.95. The zero-order chi connectivity index (χ0) is 10.7. The number of phenols is 1. The van der Waals surface area contributed by atoms with Gasteiger partial charge in [0.05, 0.1) is 22.5 Å². The number of aromatic hydroxyl groups is 1. The maximum atomic E-state index is 11.4. The molecule has 5 heteroatoms. The molecular weight excluding hydrogens is 316 g/mol. The summed E-state index contributed by atoms with van der Waals surface area (Å²) in [6.07, 6.45) is 0. The number of alkyl halides is 1. The van der Waals surface area contributed by atoms with Crippen LogP contribution in [0.4, 0.5) is 0 Å². The van der Waals surface area contributed by atoms with E-state index < -0.39 is 0 Å². The number of halogens is 2. The van der Waals surface area contributed by atoms with E-state index in [-0.39, 0.29) is 22.4 Å². The Morgan fingerprint density at radius 3 is 2.71 bits per heavy atom. The normalized spacial score (nSPS) is 9.93. The number of Topliss-reactive ketones (excluding diaryl/α,β-unsaturated/α-hetero) is 1. The molecule has 1 aromatic carbocycles. The molecule has 0 bridgehead atoms. The molecule has 0 saturated carbocycles. The first kappa shape index (κ1) is 11.5. The second-order valence-corrected chi connectivity index (χ2v) is 3.98. The molecule has 0 aliphatic heterocycles. The van der Waals surface area contributed by atoms with Crippen molar-refractivity contribution in [2.45, 2.75) is 0 Å². The van der Waals surface area contributed by atoms with Crippen LogP contribution in [0.2, 0.25) is 0 Å². The summed E-state index contributed by atoms with van der Waals surface area (Å²) in [4.78, 5) is 11.4. The molecule has 0 aromatic heterocycles. The van der Waals surface area contributed by atoms with Crippen molar-refractivity contribution in [1.82, 2.24) is 0 Å². The fourth-order valence-electron chi connectivity index (χ4n) is 0.977. The van der Waals surface area contributed by atoms with Crippen LogP contribution in [0.1, 0.15) is 10.4 Å². The third-order valence-corrected chi connectivity index (χ3v) is 2.81. The minimum absolute atomic E-state index is 0.0600. The van der Waals surface area contributed by atoms with Crippen LogP contribution in [-0.4, -0.2) is 23.3 Å². The minimum Gasteiger partial charge on any atom is -0.506 e. The third-order valence-electron chi connectivity index (χ3n) is 1.69. The van der Waals surface area contributed by atoms with Crippen LogP contribution in [0.5, 0.6) is 11.5 Å². The Balaban J connectivity index is 3.27. The topological polar surface area (TPSA) is 46.5 Å². The molecule has 0 atom stereocenters. The zero-order valence-electron chi connectivity index (χ0n) is 7.38. The van der Waals surface area contributed by atoms with Crippen molar-refractivity contribution in [2.24, 2.45) is 0 Å². The summed E-state index contributed by atoms with van der Waals surface area (Å²) in [5, 5.41) is 9.74. The summed E-state index contributed by atoms with van der Waals surface area (Å²) in [5.41, 5.74) is 0.244. The molecule has 0 aliphatic carbocycles. The van der Waals surface area contributed by atoms with E-state index in [4.69, 9.17) is 4.74 Å². The summed E-state index contributed by atoms with van der Waals surface area (Å²) in [7, 11) is 1.50. The number of carbonyl (C=O) groups is 1. The maximum absolute atomic E-state index is 11.4. The smallest absolute Gasteiger partial charge is 0.177 e. The molecule has 0 spiro atoms. The van der Waals surface area contributed by atoms with Gasteiger partial charge in [-0.1, -0.05) is 15.9 Å². The summed E-state index contributed by atoms with van der Waals surface area (Å²) in [5.74, 6) is 0.274. The summed E-state index contributed by atoms with van der Waals surface area (Å²) in [6.45, 7) is 0. The molecule has 0 heterocycles. The molecule has 0 saturated heterocycles. The Hall–Kier alpha value is -0.550. The molecule has 3 nitrogen and oxygen atoms in total. The fourth-order valence-corrected chi connectivity index (χ4v) is 1.72. The second-order valence-electron chi connectivity index (χ2n) is 2.56. The average molecular weight is 324 g/mol. The summed E-state index contributed by atoms with van der Waals surface area (Å²) < 4.78 is 5.42. The highest BCUT2D eigenvalue weighted by molar-refractivity contribution is 9.10. The molecule has 1 rings (SSSR count). The molecule has 0 unspecified atom stereocenters. The number of ether oxygens (including phenoxy) is 1. The van der Waals surface area contributed by atoms with Crippen molar-refractivity contribution in [3.63, 3.8) is 0 Å². The van der Waals surface area contributed by atoms with Crippen LogP contribution in [0.3, 0.4) is 0 Å². The van der Waals surface area contributed by atoms with Gasteiger partial charge in [-0.25, -0.2) is 0 Å². The minimum atomic E-state index is -0.192.